The van der Waals surface area contributed by atoms with E-state index in [1.807, 2.05) is 24.3 Å². The van der Waals surface area contributed by atoms with Gasteiger partial charge in [0, 0.05) is 3.57 Å². The second-order valence-electron chi connectivity index (χ2n) is 1.71. The SMILES string of the molecule is ICOc1cccc(I)c1. The quantitative estimate of drug-likeness (QED) is 0.582. The molecule has 0 aliphatic carbocycles. The first kappa shape index (κ1) is 8.58. The maximum absolute atomic E-state index is 5.27. The van der Waals surface area contributed by atoms with Gasteiger partial charge in [0.15, 0.2) is 0 Å². The highest BCUT2D eigenvalue weighted by Crippen LogP contribution is 2.14. The van der Waals surface area contributed by atoms with Crippen LogP contribution in [-0.2, 0) is 0 Å². The maximum Gasteiger partial charge on any atom is 0.139 e. The zero-order valence-corrected chi connectivity index (χ0v) is 9.50. The number of rotatable bonds is 2. The Morgan fingerprint density at radius 1 is 1.40 bits per heavy atom. The van der Waals surface area contributed by atoms with Crippen LogP contribution >= 0.6 is 45.2 Å². The Hall–Kier alpha value is 0.480. The summed E-state index contributed by atoms with van der Waals surface area (Å²) in [7, 11) is 0. The van der Waals surface area contributed by atoms with Crippen molar-refractivity contribution in [3.63, 3.8) is 0 Å². The molecule has 0 radical (unpaired) electrons. The number of alkyl halides is 1. The minimum atomic E-state index is 0.706. The number of ether oxygens (including phenoxy) is 1. The van der Waals surface area contributed by atoms with Crippen LogP contribution in [-0.4, -0.2) is 4.61 Å². The van der Waals surface area contributed by atoms with Crippen molar-refractivity contribution in [3.8, 4) is 5.75 Å². The monoisotopic (exact) mass is 360 g/mol. The van der Waals surface area contributed by atoms with Crippen molar-refractivity contribution in [1.29, 1.82) is 0 Å². The van der Waals surface area contributed by atoms with E-state index in [-0.39, 0.29) is 0 Å². The Kier molecular flexibility index (Phi) is 3.75. The Morgan fingerprint density at radius 3 is 2.80 bits per heavy atom. The average Bonchev–Trinajstić information content (AvgIpc) is 1.88. The van der Waals surface area contributed by atoms with Gasteiger partial charge in [0.05, 0.1) is 0 Å². The third-order valence-corrected chi connectivity index (χ3v) is 2.00. The molecule has 0 aliphatic heterocycles. The minimum absolute atomic E-state index is 0.706. The predicted molar refractivity (Wildman–Crippen MR) is 58.7 cm³/mol. The van der Waals surface area contributed by atoms with Gasteiger partial charge in [-0.15, -0.1) is 0 Å². The molecule has 0 atom stereocenters. The largest absolute Gasteiger partial charge is 0.483 e. The van der Waals surface area contributed by atoms with Crippen LogP contribution in [0.25, 0.3) is 0 Å². The molecule has 10 heavy (non-hydrogen) atoms. The first-order chi connectivity index (χ1) is 4.83. The molecule has 0 saturated heterocycles. The summed E-state index contributed by atoms with van der Waals surface area (Å²) in [5.41, 5.74) is 0. The number of hydrogen-bond acceptors (Lipinski definition) is 1. The molecular weight excluding hydrogens is 354 g/mol. The van der Waals surface area contributed by atoms with Crippen LogP contribution in [0.1, 0.15) is 0 Å². The van der Waals surface area contributed by atoms with Gasteiger partial charge >= 0.3 is 0 Å². The molecule has 3 heteroatoms. The van der Waals surface area contributed by atoms with Crippen LogP contribution in [0.4, 0.5) is 0 Å². The summed E-state index contributed by atoms with van der Waals surface area (Å²) in [5.74, 6) is 0.946. The Morgan fingerprint density at radius 2 is 2.20 bits per heavy atom. The standard InChI is InChI=1S/C7H6I2O/c8-5-10-7-3-1-2-6(9)4-7/h1-4H,5H2. The topological polar surface area (TPSA) is 9.23 Å². The average molecular weight is 360 g/mol. The molecular formula is C7H6I2O. The van der Waals surface area contributed by atoms with Crippen molar-refractivity contribution < 1.29 is 4.74 Å². The highest BCUT2D eigenvalue weighted by Gasteiger charge is 1.90. The van der Waals surface area contributed by atoms with E-state index < -0.39 is 0 Å². The molecule has 54 valence electrons. The normalized spacial score (nSPS) is 9.40. The molecule has 1 rings (SSSR count). The van der Waals surface area contributed by atoms with Crippen molar-refractivity contribution in [2.45, 2.75) is 0 Å². The summed E-state index contributed by atoms with van der Waals surface area (Å²) < 4.78 is 7.18. The smallest absolute Gasteiger partial charge is 0.139 e. The van der Waals surface area contributed by atoms with Gasteiger partial charge in [-0.05, 0) is 63.4 Å². The minimum Gasteiger partial charge on any atom is -0.483 e. The molecule has 0 amide bonds. The van der Waals surface area contributed by atoms with E-state index in [0.29, 0.717) is 4.61 Å². The second-order valence-corrected chi connectivity index (χ2v) is 3.58. The van der Waals surface area contributed by atoms with Gasteiger partial charge in [-0.2, -0.15) is 0 Å². The van der Waals surface area contributed by atoms with Gasteiger partial charge < -0.3 is 4.74 Å². The van der Waals surface area contributed by atoms with E-state index in [9.17, 15) is 0 Å². The Labute approximate surface area is 87.4 Å². The zero-order valence-electron chi connectivity index (χ0n) is 5.18. The van der Waals surface area contributed by atoms with Crippen molar-refractivity contribution >= 4 is 45.2 Å². The van der Waals surface area contributed by atoms with Crippen LogP contribution in [0.2, 0.25) is 0 Å². The van der Waals surface area contributed by atoms with Crippen molar-refractivity contribution in [3.05, 3.63) is 27.8 Å². The van der Waals surface area contributed by atoms with Gasteiger partial charge in [-0.3, -0.25) is 0 Å². The summed E-state index contributed by atoms with van der Waals surface area (Å²) in [6, 6.07) is 8.00. The number of halogens is 2. The highest BCUT2D eigenvalue weighted by atomic mass is 127. The van der Waals surface area contributed by atoms with Crippen LogP contribution < -0.4 is 4.74 Å². The molecule has 0 aromatic heterocycles. The van der Waals surface area contributed by atoms with Crippen LogP contribution in [0, 0.1) is 3.57 Å². The van der Waals surface area contributed by atoms with Crippen molar-refractivity contribution in [1.82, 2.24) is 0 Å². The summed E-state index contributed by atoms with van der Waals surface area (Å²) in [6.45, 7) is 0. The van der Waals surface area contributed by atoms with E-state index in [2.05, 4.69) is 45.2 Å². The Bertz CT molecular complexity index is 213. The summed E-state index contributed by atoms with van der Waals surface area (Å²) >= 11 is 4.44. The van der Waals surface area contributed by atoms with E-state index in [0.717, 1.165) is 5.75 Å². The first-order valence-corrected chi connectivity index (χ1v) is 5.37. The lowest BCUT2D eigenvalue weighted by molar-refractivity contribution is 0.404. The van der Waals surface area contributed by atoms with Gasteiger partial charge in [0.25, 0.3) is 0 Å². The van der Waals surface area contributed by atoms with Crippen LogP contribution in [0.3, 0.4) is 0 Å². The van der Waals surface area contributed by atoms with Gasteiger partial charge in [0.2, 0.25) is 0 Å². The van der Waals surface area contributed by atoms with Crippen molar-refractivity contribution in [2.75, 3.05) is 4.61 Å². The molecule has 0 bridgehead atoms. The van der Waals surface area contributed by atoms with E-state index in [4.69, 9.17) is 4.74 Å². The molecule has 0 unspecified atom stereocenters. The maximum atomic E-state index is 5.27. The van der Waals surface area contributed by atoms with E-state index >= 15 is 0 Å². The van der Waals surface area contributed by atoms with Gasteiger partial charge in [-0.25, -0.2) is 0 Å². The molecule has 0 fully saturated rings. The molecule has 1 nitrogen and oxygen atoms in total. The third kappa shape index (κ3) is 2.61. The fourth-order valence-corrected chi connectivity index (χ4v) is 1.49. The summed E-state index contributed by atoms with van der Waals surface area (Å²) in [5, 5.41) is 0. The Balaban J connectivity index is 2.75. The van der Waals surface area contributed by atoms with Gasteiger partial charge in [-0.1, -0.05) is 6.07 Å². The zero-order chi connectivity index (χ0) is 7.40. The lowest BCUT2D eigenvalue weighted by Crippen LogP contribution is -1.87. The molecule has 0 heterocycles. The van der Waals surface area contributed by atoms with Crippen LogP contribution in [0.15, 0.2) is 24.3 Å². The predicted octanol–water partition coefficient (Wildman–Crippen LogP) is 3.06. The van der Waals surface area contributed by atoms with E-state index in [1.54, 1.807) is 0 Å². The number of hydrogen-bond donors (Lipinski definition) is 0. The molecule has 0 N–H and O–H groups in total. The van der Waals surface area contributed by atoms with Gasteiger partial charge in [0.1, 0.15) is 10.4 Å². The summed E-state index contributed by atoms with van der Waals surface area (Å²) in [6.07, 6.45) is 0. The third-order valence-electron chi connectivity index (χ3n) is 1.02. The molecule has 0 aliphatic rings. The lowest BCUT2D eigenvalue weighted by atomic mass is 10.3. The highest BCUT2D eigenvalue weighted by molar-refractivity contribution is 14.1. The molecule has 0 spiro atoms. The first-order valence-electron chi connectivity index (χ1n) is 2.77. The second kappa shape index (κ2) is 4.38. The molecule has 1 aromatic carbocycles. The number of benzene rings is 1. The van der Waals surface area contributed by atoms with Crippen LogP contribution in [0.5, 0.6) is 5.75 Å². The van der Waals surface area contributed by atoms with E-state index in [1.165, 1.54) is 3.57 Å². The molecule has 0 saturated carbocycles. The van der Waals surface area contributed by atoms with Crippen molar-refractivity contribution in [2.24, 2.45) is 0 Å². The molecule has 1 aromatic rings. The fraction of sp³-hybridized carbons (Fsp3) is 0.143. The lowest BCUT2D eigenvalue weighted by Gasteiger charge is -2.00. The summed E-state index contributed by atoms with van der Waals surface area (Å²) in [4.78, 5) is 0. The fourth-order valence-electron chi connectivity index (χ4n) is 0.620.